The highest BCUT2D eigenvalue weighted by Crippen LogP contribution is 2.30. The van der Waals surface area contributed by atoms with E-state index in [0.29, 0.717) is 5.25 Å². The van der Waals surface area contributed by atoms with E-state index in [1.807, 2.05) is 11.8 Å². The Morgan fingerprint density at radius 2 is 2.17 bits per heavy atom. The first-order valence-corrected chi connectivity index (χ1v) is 6.04. The minimum absolute atomic E-state index is 0.0119. The minimum atomic E-state index is -0.0119. The van der Waals surface area contributed by atoms with Gasteiger partial charge in [0, 0.05) is 5.25 Å². The lowest BCUT2D eigenvalue weighted by Gasteiger charge is -2.14. The average Bonchev–Trinajstić information content (AvgIpc) is 2.36. The third kappa shape index (κ3) is 3.36. The molecular weight excluding hydrogens is 168 g/mol. The van der Waals surface area contributed by atoms with Crippen LogP contribution in [0.5, 0.6) is 0 Å². The summed E-state index contributed by atoms with van der Waals surface area (Å²) < 4.78 is 0. The van der Waals surface area contributed by atoms with Crippen molar-refractivity contribution in [1.82, 2.24) is 0 Å². The van der Waals surface area contributed by atoms with E-state index in [9.17, 15) is 5.11 Å². The predicted octanol–water partition coefficient (Wildman–Crippen LogP) is 2.68. The Morgan fingerprint density at radius 1 is 1.42 bits per heavy atom. The molecule has 2 atom stereocenters. The van der Waals surface area contributed by atoms with Crippen molar-refractivity contribution in [2.75, 3.05) is 5.75 Å². The Labute approximate surface area is 79.9 Å². The van der Waals surface area contributed by atoms with Crippen LogP contribution in [0.25, 0.3) is 0 Å². The number of aliphatic hydroxyl groups excluding tert-OH is 1. The van der Waals surface area contributed by atoms with Gasteiger partial charge < -0.3 is 5.11 Å². The van der Waals surface area contributed by atoms with Crippen LogP contribution in [0.1, 0.15) is 39.5 Å². The van der Waals surface area contributed by atoms with Crippen molar-refractivity contribution in [1.29, 1.82) is 0 Å². The van der Waals surface area contributed by atoms with Gasteiger partial charge in [-0.3, -0.25) is 0 Å². The van der Waals surface area contributed by atoms with Crippen LogP contribution >= 0.6 is 11.8 Å². The summed E-state index contributed by atoms with van der Waals surface area (Å²) in [6.45, 7) is 4.51. The van der Waals surface area contributed by atoms with Crippen LogP contribution < -0.4 is 0 Å². The van der Waals surface area contributed by atoms with Gasteiger partial charge >= 0.3 is 0 Å². The van der Waals surface area contributed by atoms with Crippen molar-refractivity contribution in [3.8, 4) is 0 Å². The smallest absolute Gasteiger partial charge is 0.0658 e. The molecule has 1 fully saturated rings. The van der Waals surface area contributed by atoms with Gasteiger partial charge in [0.2, 0.25) is 0 Å². The van der Waals surface area contributed by atoms with Crippen molar-refractivity contribution < 1.29 is 5.11 Å². The van der Waals surface area contributed by atoms with Gasteiger partial charge in [-0.2, -0.15) is 11.8 Å². The van der Waals surface area contributed by atoms with Gasteiger partial charge in [-0.25, -0.2) is 0 Å². The van der Waals surface area contributed by atoms with Crippen LogP contribution in [0.3, 0.4) is 0 Å². The van der Waals surface area contributed by atoms with Crippen molar-refractivity contribution in [2.45, 2.75) is 50.9 Å². The minimum Gasteiger partial charge on any atom is -0.392 e. The summed E-state index contributed by atoms with van der Waals surface area (Å²) in [5, 5.41) is 10.1. The molecule has 1 N–H and O–H groups in total. The van der Waals surface area contributed by atoms with Crippen LogP contribution in [0.2, 0.25) is 0 Å². The van der Waals surface area contributed by atoms with Crippen molar-refractivity contribution >= 4 is 11.8 Å². The maximum Gasteiger partial charge on any atom is 0.0658 e. The highest BCUT2D eigenvalue weighted by molar-refractivity contribution is 7.99. The summed E-state index contributed by atoms with van der Waals surface area (Å²) in [4.78, 5) is 0. The lowest BCUT2D eigenvalue weighted by molar-refractivity contribution is 0.188. The van der Waals surface area contributed by atoms with Crippen LogP contribution in [-0.2, 0) is 0 Å². The van der Waals surface area contributed by atoms with Gasteiger partial charge in [-0.15, -0.1) is 0 Å². The van der Waals surface area contributed by atoms with E-state index in [2.05, 4.69) is 13.8 Å². The summed E-state index contributed by atoms with van der Waals surface area (Å²) in [5.41, 5.74) is 0. The third-order valence-corrected chi connectivity index (χ3v) is 3.89. The molecule has 0 aromatic rings. The van der Waals surface area contributed by atoms with Crippen LogP contribution in [0.15, 0.2) is 0 Å². The molecular formula is C10H20OS. The molecule has 1 nitrogen and oxygen atoms in total. The second kappa shape index (κ2) is 5.13. The quantitative estimate of drug-likeness (QED) is 0.732. The molecule has 0 aliphatic heterocycles. The molecule has 2 heteroatoms. The lowest BCUT2D eigenvalue weighted by Crippen LogP contribution is -2.15. The second-order valence-electron chi connectivity index (χ2n) is 4.09. The van der Waals surface area contributed by atoms with Crippen molar-refractivity contribution in [2.24, 2.45) is 5.92 Å². The summed E-state index contributed by atoms with van der Waals surface area (Å²) in [6, 6.07) is 0. The summed E-state index contributed by atoms with van der Waals surface area (Å²) >= 11 is 1.97. The van der Waals surface area contributed by atoms with Crippen molar-refractivity contribution in [3.05, 3.63) is 0 Å². The van der Waals surface area contributed by atoms with E-state index in [1.54, 1.807) is 0 Å². The topological polar surface area (TPSA) is 20.2 Å². The van der Waals surface area contributed by atoms with Gasteiger partial charge in [0.25, 0.3) is 0 Å². The fourth-order valence-corrected chi connectivity index (χ4v) is 3.16. The Bertz CT molecular complexity index is 125. The zero-order chi connectivity index (χ0) is 8.97. The van der Waals surface area contributed by atoms with Gasteiger partial charge in [0.15, 0.2) is 0 Å². The fourth-order valence-electron chi connectivity index (χ4n) is 1.56. The molecule has 1 aliphatic carbocycles. The molecule has 1 aliphatic rings. The molecule has 0 saturated heterocycles. The molecule has 0 heterocycles. The standard InChI is InChI=1S/C10H20OS/c1-8(2)6-7-12-10-5-3-4-9(10)11/h8-11H,3-7H2,1-2H3/t9-,10-/m0/s1. The number of thioether (sulfide) groups is 1. The SMILES string of the molecule is CC(C)CCS[C@H]1CCC[C@@H]1O. The maximum absolute atomic E-state index is 9.53. The van der Waals surface area contributed by atoms with Gasteiger partial charge in [-0.1, -0.05) is 13.8 Å². The van der Waals surface area contributed by atoms with Gasteiger partial charge in [-0.05, 0) is 37.4 Å². The molecule has 1 rings (SSSR count). The number of hydrogen-bond acceptors (Lipinski definition) is 2. The molecule has 0 amide bonds. The maximum atomic E-state index is 9.53. The monoisotopic (exact) mass is 188 g/mol. The first-order valence-electron chi connectivity index (χ1n) is 5.00. The number of aliphatic hydroxyl groups is 1. The van der Waals surface area contributed by atoms with E-state index in [0.717, 1.165) is 12.3 Å². The summed E-state index contributed by atoms with van der Waals surface area (Å²) in [5.74, 6) is 2.02. The summed E-state index contributed by atoms with van der Waals surface area (Å²) in [7, 11) is 0. The van der Waals surface area contributed by atoms with Gasteiger partial charge in [0.1, 0.15) is 0 Å². The predicted molar refractivity (Wildman–Crippen MR) is 55.6 cm³/mol. The van der Waals surface area contributed by atoms with E-state index >= 15 is 0 Å². The average molecular weight is 188 g/mol. The highest BCUT2D eigenvalue weighted by Gasteiger charge is 2.24. The van der Waals surface area contributed by atoms with E-state index in [4.69, 9.17) is 0 Å². The Morgan fingerprint density at radius 3 is 2.67 bits per heavy atom. The first-order chi connectivity index (χ1) is 5.70. The zero-order valence-corrected chi connectivity index (χ0v) is 8.94. The normalized spacial score (nSPS) is 30.0. The molecule has 72 valence electrons. The largest absolute Gasteiger partial charge is 0.392 e. The Hall–Kier alpha value is 0.310. The van der Waals surface area contributed by atoms with E-state index < -0.39 is 0 Å². The van der Waals surface area contributed by atoms with Crippen LogP contribution in [0, 0.1) is 5.92 Å². The van der Waals surface area contributed by atoms with Crippen molar-refractivity contribution in [3.63, 3.8) is 0 Å². The van der Waals surface area contributed by atoms with E-state index in [1.165, 1.54) is 25.0 Å². The zero-order valence-electron chi connectivity index (χ0n) is 8.12. The Balaban J connectivity index is 2.06. The molecule has 0 spiro atoms. The molecule has 0 bridgehead atoms. The van der Waals surface area contributed by atoms with Crippen LogP contribution in [0.4, 0.5) is 0 Å². The lowest BCUT2D eigenvalue weighted by atomic mass is 10.2. The fraction of sp³-hybridized carbons (Fsp3) is 1.00. The molecule has 0 aromatic heterocycles. The molecule has 0 radical (unpaired) electrons. The second-order valence-corrected chi connectivity index (χ2v) is 5.44. The third-order valence-electron chi connectivity index (χ3n) is 2.44. The van der Waals surface area contributed by atoms with Crippen LogP contribution in [-0.4, -0.2) is 22.2 Å². The molecule has 12 heavy (non-hydrogen) atoms. The molecule has 0 unspecified atom stereocenters. The molecule has 1 saturated carbocycles. The summed E-state index contributed by atoms with van der Waals surface area (Å²) in [6.07, 6.45) is 4.75. The molecule has 0 aromatic carbocycles. The Kier molecular flexibility index (Phi) is 4.44. The van der Waals surface area contributed by atoms with Gasteiger partial charge in [0.05, 0.1) is 6.10 Å². The highest BCUT2D eigenvalue weighted by atomic mass is 32.2. The van der Waals surface area contributed by atoms with E-state index in [-0.39, 0.29) is 6.10 Å². The number of hydrogen-bond donors (Lipinski definition) is 1. The first kappa shape index (κ1) is 10.4. The number of rotatable bonds is 4.